The molecule has 1 aliphatic heterocycles. The van der Waals surface area contributed by atoms with Gasteiger partial charge in [0.15, 0.2) is 0 Å². The van der Waals surface area contributed by atoms with Gasteiger partial charge in [0.2, 0.25) is 10.0 Å². The van der Waals surface area contributed by atoms with Crippen molar-refractivity contribution in [3.63, 3.8) is 0 Å². The fourth-order valence-corrected chi connectivity index (χ4v) is 4.03. The largest absolute Gasteiger partial charge is 0.465 e. The standard InChI is InChI=1S/C14H17F3N2O4S/c1-9-8-19(6-5-18-9)24(21,22)10-3-4-11(13(20)23-2)12(7-10)14(15,16)17/h3-4,7,9,18H,5-6,8H2,1-2H3. The van der Waals surface area contributed by atoms with Crippen molar-refractivity contribution < 1.29 is 31.1 Å². The molecule has 1 unspecified atom stereocenters. The fourth-order valence-electron chi connectivity index (χ4n) is 2.47. The van der Waals surface area contributed by atoms with Crippen molar-refractivity contribution in [3.05, 3.63) is 29.3 Å². The van der Waals surface area contributed by atoms with Gasteiger partial charge in [-0.2, -0.15) is 17.5 Å². The number of carbonyl (C=O) groups excluding carboxylic acids is 1. The number of halogens is 3. The molecule has 1 aromatic carbocycles. The van der Waals surface area contributed by atoms with E-state index in [1.54, 1.807) is 6.92 Å². The highest BCUT2D eigenvalue weighted by molar-refractivity contribution is 7.89. The van der Waals surface area contributed by atoms with E-state index in [9.17, 15) is 26.4 Å². The zero-order valence-electron chi connectivity index (χ0n) is 13.1. The Morgan fingerprint density at radius 3 is 2.58 bits per heavy atom. The van der Waals surface area contributed by atoms with Gasteiger partial charge < -0.3 is 10.1 Å². The summed E-state index contributed by atoms with van der Waals surface area (Å²) >= 11 is 0. The number of nitrogens with zero attached hydrogens (tertiary/aromatic N) is 1. The van der Waals surface area contributed by atoms with Crippen LogP contribution in [0.15, 0.2) is 23.1 Å². The van der Waals surface area contributed by atoms with E-state index in [0.717, 1.165) is 23.5 Å². The molecule has 0 amide bonds. The number of ether oxygens (including phenoxy) is 1. The van der Waals surface area contributed by atoms with E-state index in [1.807, 2.05) is 0 Å². The number of alkyl halides is 3. The van der Waals surface area contributed by atoms with Gasteiger partial charge in [-0.25, -0.2) is 13.2 Å². The smallest absolute Gasteiger partial charge is 0.417 e. The summed E-state index contributed by atoms with van der Waals surface area (Å²) < 4.78 is 70.2. The van der Waals surface area contributed by atoms with Crippen molar-refractivity contribution in [3.8, 4) is 0 Å². The van der Waals surface area contributed by atoms with Crippen molar-refractivity contribution in [2.45, 2.75) is 24.0 Å². The van der Waals surface area contributed by atoms with Crippen LogP contribution in [0.3, 0.4) is 0 Å². The zero-order valence-corrected chi connectivity index (χ0v) is 13.9. The maximum Gasteiger partial charge on any atom is 0.417 e. The molecule has 1 heterocycles. The second-order valence-electron chi connectivity index (χ2n) is 5.41. The molecular formula is C14H17F3N2O4S. The molecule has 0 aliphatic carbocycles. The first kappa shape index (κ1) is 18.7. The summed E-state index contributed by atoms with van der Waals surface area (Å²) in [6.45, 7) is 2.51. The lowest BCUT2D eigenvalue weighted by Crippen LogP contribution is -2.51. The summed E-state index contributed by atoms with van der Waals surface area (Å²) in [5, 5.41) is 3.06. The third-order valence-electron chi connectivity index (χ3n) is 3.67. The Morgan fingerprint density at radius 2 is 2.04 bits per heavy atom. The van der Waals surface area contributed by atoms with Gasteiger partial charge in [0.25, 0.3) is 0 Å². The summed E-state index contributed by atoms with van der Waals surface area (Å²) in [5.41, 5.74) is -2.06. The van der Waals surface area contributed by atoms with Gasteiger partial charge in [0, 0.05) is 25.7 Å². The Balaban J connectivity index is 2.49. The molecule has 2 rings (SSSR count). The topological polar surface area (TPSA) is 75.7 Å². The number of carbonyl (C=O) groups is 1. The number of nitrogens with one attached hydrogen (secondary N) is 1. The number of rotatable bonds is 3. The minimum atomic E-state index is -4.88. The number of piperazine rings is 1. The molecule has 0 saturated carbocycles. The lowest BCUT2D eigenvalue weighted by atomic mass is 10.1. The average Bonchev–Trinajstić information content (AvgIpc) is 2.52. The van der Waals surface area contributed by atoms with Crippen molar-refractivity contribution >= 4 is 16.0 Å². The highest BCUT2D eigenvalue weighted by atomic mass is 32.2. The molecule has 1 aliphatic rings. The molecule has 1 N–H and O–H groups in total. The SMILES string of the molecule is COC(=O)c1ccc(S(=O)(=O)N2CCNC(C)C2)cc1C(F)(F)F. The maximum absolute atomic E-state index is 13.2. The molecule has 1 atom stereocenters. The molecule has 1 aromatic rings. The Morgan fingerprint density at radius 1 is 1.38 bits per heavy atom. The Labute approximate surface area is 137 Å². The third kappa shape index (κ3) is 3.70. The van der Waals surface area contributed by atoms with E-state index in [-0.39, 0.29) is 19.1 Å². The minimum Gasteiger partial charge on any atom is -0.465 e. The van der Waals surface area contributed by atoms with Gasteiger partial charge in [-0.3, -0.25) is 0 Å². The molecule has 24 heavy (non-hydrogen) atoms. The summed E-state index contributed by atoms with van der Waals surface area (Å²) in [5.74, 6) is -1.18. The predicted octanol–water partition coefficient (Wildman–Crippen LogP) is 1.47. The highest BCUT2D eigenvalue weighted by Gasteiger charge is 2.38. The summed E-state index contributed by atoms with van der Waals surface area (Å²) in [7, 11) is -3.13. The van der Waals surface area contributed by atoms with Gasteiger partial charge in [-0.1, -0.05) is 0 Å². The minimum absolute atomic E-state index is 0.107. The van der Waals surface area contributed by atoms with E-state index in [4.69, 9.17) is 0 Å². The Bertz CT molecular complexity index is 734. The first-order valence-corrected chi connectivity index (χ1v) is 8.54. The third-order valence-corrected chi connectivity index (χ3v) is 5.53. The molecular weight excluding hydrogens is 349 g/mol. The second kappa shape index (κ2) is 6.69. The lowest BCUT2D eigenvalue weighted by molar-refractivity contribution is -0.138. The van der Waals surface area contributed by atoms with Crippen LogP contribution in [-0.4, -0.2) is 51.5 Å². The molecule has 1 saturated heterocycles. The molecule has 134 valence electrons. The molecule has 0 radical (unpaired) electrons. The monoisotopic (exact) mass is 366 g/mol. The van der Waals surface area contributed by atoms with E-state index >= 15 is 0 Å². The van der Waals surface area contributed by atoms with Crippen molar-refractivity contribution in [2.75, 3.05) is 26.7 Å². The number of benzene rings is 1. The van der Waals surface area contributed by atoms with Crippen LogP contribution in [0.2, 0.25) is 0 Å². The average molecular weight is 366 g/mol. The molecule has 6 nitrogen and oxygen atoms in total. The van der Waals surface area contributed by atoms with Gasteiger partial charge in [0.1, 0.15) is 0 Å². The fraction of sp³-hybridized carbons (Fsp3) is 0.500. The first-order chi connectivity index (χ1) is 11.1. The maximum atomic E-state index is 13.2. The van der Waals surface area contributed by atoms with Crippen LogP contribution in [0.5, 0.6) is 0 Å². The second-order valence-corrected chi connectivity index (χ2v) is 7.35. The molecule has 10 heteroatoms. The predicted molar refractivity (Wildman–Crippen MR) is 79.0 cm³/mol. The van der Waals surface area contributed by atoms with E-state index in [2.05, 4.69) is 10.1 Å². The van der Waals surface area contributed by atoms with Gasteiger partial charge >= 0.3 is 12.1 Å². The van der Waals surface area contributed by atoms with Gasteiger partial charge in [-0.15, -0.1) is 0 Å². The van der Waals surface area contributed by atoms with Crippen molar-refractivity contribution in [1.29, 1.82) is 0 Å². The number of hydrogen-bond donors (Lipinski definition) is 1. The number of methoxy groups -OCH3 is 1. The molecule has 0 bridgehead atoms. The van der Waals surface area contributed by atoms with E-state index in [0.29, 0.717) is 12.6 Å². The van der Waals surface area contributed by atoms with Crippen LogP contribution in [0.4, 0.5) is 13.2 Å². The number of hydrogen-bond acceptors (Lipinski definition) is 5. The summed E-state index contributed by atoms with van der Waals surface area (Å²) in [6, 6.07) is 2.19. The van der Waals surface area contributed by atoms with Crippen molar-refractivity contribution in [1.82, 2.24) is 9.62 Å². The van der Waals surface area contributed by atoms with Crippen LogP contribution >= 0.6 is 0 Å². The van der Waals surface area contributed by atoms with Crippen LogP contribution in [0.25, 0.3) is 0 Å². The Kier molecular flexibility index (Phi) is 5.21. The number of esters is 1. The van der Waals surface area contributed by atoms with Crippen LogP contribution in [-0.2, 0) is 20.9 Å². The molecule has 0 spiro atoms. The highest BCUT2D eigenvalue weighted by Crippen LogP contribution is 2.34. The van der Waals surface area contributed by atoms with Crippen LogP contribution in [0.1, 0.15) is 22.8 Å². The van der Waals surface area contributed by atoms with E-state index in [1.165, 1.54) is 0 Å². The van der Waals surface area contributed by atoms with Gasteiger partial charge in [-0.05, 0) is 25.1 Å². The summed E-state index contributed by atoms with van der Waals surface area (Å²) in [4.78, 5) is 11.0. The van der Waals surface area contributed by atoms with Crippen LogP contribution < -0.4 is 5.32 Å². The normalized spacial score (nSPS) is 20.0. The molecule has 1 fully saturated rings. The van der Waals surface area contributed by atoms with E-state index < -0.39 is 38.2 Å². The first-order valence-electron chi connectivity index (χ1n) is 7.10. The summed E-state index contributed by atoms with van der Waals surface area (Å²) in [6.07, 6.45) is -4.88. The van der Waals surface area contributed by atoms with Crippen molar-refractivity contribution in [2.24, 2.45) is 0 Å². The lowest BCUT2D eigenvalue weighted by Gasteiger charge is -2.31. The number of sulfonamides is 1. The Hall–Kier alpha value is -1.65. The van der Waals surface area contributed by atoms with Crippen LogP contribution in [0, 0.1) is 0 Å². The zero-order chi connectivity index (χ0) is 18.1. The quantitative estimate of drug-likeness (QED) is 0.820. The molecule has 0 aromatic heterocycles. The van der Waals surface area contributed by atoms with Gasteiger partial charge in [0.05, 0.1) is 23.1 Å².